The fourth-order valence-electron chi connectivity index (χ4n) is 1.91. The van der Waals surface area contributed by atoms with Crippen molar-refractivity contribution in [3.63, 3.8) is 0 Å². The summed E-state index contributed by atoms with van der Waals surface area (Å²) in [4.78, 5) is 13.2. The van der Waals surface area contributed by atoms with E-state index in [0.717, 1.165) is 0 Å². The van der Waals surface area contributed by atoms with Gasteiger partial charge >= 0.3 is 0 Å². The Bertz CT molecular complexity index is 452. The first-order valence-corrected chi connectivity index (χ1v) is 6.40. The van der Waals surface area contributed by atoms with Crippen LogP contribution in [0.15, 0.2) is 18.2 Å². The molecule has 0 heterocycles. The zero-order valence-corrected chi connectivity index (χ0v) is 12.0. The Morgan fingerprint density at radius 2 is 2.25 bits per heavy atom. The molecule has 1 atom stereocenters. The molecule has 0 radical (unpaired) electrons. The number of ether oxygens (including phenoxy) is 1. The van der Waals surface area contributed by atoms with Crippen molar-refractivity contribution in [2.75, 3.05) is 38.8 Å². The van der Waals surface area contributed by atoms with Crippen molar-refractivity contribution in [1.29, 1.82) is 0 Å². The monoisotopic (exact) mass is 284 g/mol. The molecule has 2 N–H and O–H groups in total. The molecule has 6 heteroatoms. The maximum atomic E-state index is 13.9. The summed E-state index contributed by atoms with van der Waals surface area (Å²) in [5.41, 5.74) is 0.696. The quantitative estimate of drug-likeness (QED) is 0.736. The second-order valence-corrected chi connectivity index (χ2v) is 4.55. The molecule has 0 bridgehead atoms. The summed E-state index contributed by atoms with van der Waals surface area (Å²) in [5, 5.41) is 12.3. The summed E-state index contributed by atoms with van der Waals surface area (Å²) in [6.07, 6.45) is -0.806. The minimum atomic E-state index is -0.806. The summed E-state index contributed by atoms with van der Waals surface area (Å²) < 4.78 is 18.7. The molecule has 1 aromatic carbocycles. The molecule has 1 amide bonds. The summed E-state index contributed by atoms with van der Waals surface area (Å²) >= 11 is 0. The lowest BCUT2D eigenvalue weighted by molar-refractivity contribution is -0.119. The highest BCUT2D eigenvalue weighted by atomic mass is 19.1. The second-order valence-electron chi connectivity index (χ2n) is 4.55. The van der Waals surface area contributed by atoms with Crippen LogP contribution in [0.25, 0.3) is 0 Å². The molecule has 0 fully saturated rings. The Kier molecular flexibility index (Phi) is 6.41. The van der Waals surface area contributed by atoms with E-state index >= 15 is 0 Å². The van der Waals surface area contributed by atoms with Crippen LogP contribution in [-0.4, -0.2) is 44.9 Å². The Labute approximate surface area is 118 Å². The second kappa shape index (κ2) is 7.81. The molecule has 5 nitrogen and oxygen atoms in total. The maximum Gasteiger partial charge on any atom is 0.239 e. The van der Waals surface area contributed by atoms with Gasteiger partial charge in [0.25, 0.3) is 0 Å². The first-order chi connectivity index (χ1) is 9.47. The largest absolute Gasteiger partial charge is 0.389 e. The SMILES string of the molecule is COCCNC(=O)CN(C)c1c(F)cccc1[C@@H](C)O. The van der Waals surface area contributed by atoms with E-state index in [2.05, 4.69) is 5.32 Å². The number of nitrogens with one attached hydrogen (secondary N) is 1. The van der Waals surface area contributed by atoms with Crippen LogP contribution < -0.4 is 10.2 Å². The van der Waals surface area contributed by atoms with Gasteiger partial charge in [-0.25, -0.2) is 4.39 Å². The third kappa shape index (κ3) is 4.47. The number of halogens is 1. The lowest BCUT2D eigenvalue weighted by Crippen LogP contribution is -2.37. The van der Waals surface area contributed by atoms with E-state index in [-0.39, 0.29) is 18.1 Å². The first kappa shape index (κ1) is 16.4. The van der Waals surface area contributed by atoms with Crippen LogP contribution in [0.1, 0.15) is 18.6 Å². The number of benzene rings is 1. The number of aliphatic hydroxyl groups is 1. The predicted molar refractivity (Wildman–Crippen MR) is 75.2 cm³/mol. The average Bonchev–Trinajstić information content (AvgIpc) is 2.38. The summed E-state index contributed by atoms with van der Waals surface area (Å²) in [7, 11) is 3.16. The number of para-hydroxylation sites is 1. The number of aliphatic hydroxyl groups excluding tert-OH is 1. The van der Waals surface area contributed by atoms with Crippen LogP contribution in [0.2, 0.25) is 0 Å². The van der Waals surface area contributed by atoms with Crippen molar-refractivity contribution in [2.24, 2.45) is 0 Å². The van der Waals surface area contributed by atoms with E-state index in [0.29, 0.717) is 18.7 Å². The fraction of sp³-hybridized carbons (Fsp3) is 0.500. The van der Waals surface area contributed by atoms with Crippen molar-refractivity contribution in [3.05, 3.63) is 29.6 Å². The summed E-state index contributed by atoms with van der Waals surface area (Å²) in [5.74, 6) is -0.695. The van der Waals surface area contributed by atoms with Crippen molar-refractivity contribution in [2.45, 2.75) is 13.0 Å². The van der Waals surface area contributed by atoms with Gasteiger partial charge < -0.3 is 20.1 Å². The van der Waals surface area contributed by atoms with E-state index < -0.39 is 11.9 Å². The molecule has 1 rings (SSSR count). The van der Waals surface area contributed by atoms with Gasteiger partial charge in [-0.3, -0.25) is 4.79 Å². The standard InChI is InChI=1S/C14H21FN2O3/c1-10(18)11-5-4-6-12(15)14(11)17(2)9-13(19)16-7-8-20-3/h4-6,10,18H,7-9H2,1-3H3,(H,16,19)/t10-/m1/s1. The van der Waals surface area contributed by atoms with Gasteiger partial charge in [0.1, 0.15) is 5.82 Å². The Morgan fingerprint density at radius 1 is 1.55 bits per heavy atom. The molecule has 112 valence electrons. The van der Waals surface area contributed by atoms with Gasteiger partial charge in [-0.2, -0.15) is 0 Å². The number of hydrogen-bond acceptors (Lipinski definition) is 4. The van der Waals surface area contributed by atoms with Crippen molar-refractivity contribution in [3.8, 4) is 0 Å². The van der Waals surface area contributed by atoms with Gasteiger partial charge in [0, 0.05) is 26.3 Å². The number of hydrogen-bond donors (Lipinski definition) is 2. The predicted octanol–water partition coefficient (Wildman–Crippen LogP) is 1.08. The Morgan fingerprint density at radius 3 is 2.85 bits per heavy atom. The van der Waals surface area contributed by atoms with Crippen LogP contribution in [0.3, 0.4) is 0 Å². The summed E-state index contributed by atoms with van der Waals surface area (Å²) in [6.45, 7) is 2.40. The van der Waals surface area contributed by atoms with Gasteiger partial charge in [0.2, 0.25) is 5.91 Å². The molecule has 0 aliphatic carbocycles. The zero-order chi connectivity index (χ0) is 15.1. The van der Waals surface area contributed by atoms with Gasteiger partial charge in [0.05, 0.1) is 24.9 Å². The molecule has 0 aliphatic rings. The minimum Gasteiger partial charge on any atom is -0.389 e. The van der Waals surface area contributed by atoms with Crippen LogP contribution >= 0.6 is 0 Å². The molecule has 0 saturated carbocycles. The molecule has 1 aromatic rings. The number of carbonyl (C=O) groups excluding carboxylic acids is 1. The average molecular weight is 284 g/mol. The highest BCUT2D eigenvalue weighted by Crippen LogP contribution is 2.28. The molecule has 0 aromatic heterocycles. The molecular weight excluding hydrogens is 263 g/mol. The molecule has 20 heavy (non-hydrogen) atoms. The highest BCUT2D eigenvalue weighted by Gasteiger charge is 2.17. The van der Waals surface area contributed by atoms with E-state index in [1.165, 1.54) is 17.0 Å². The minimum absolute atomic E-state index is 0.00433. The van der Waals surface area contributed by atoms with Crippen LogP contribution in [0.4, 0.5) is 10.1 Å². The van der Waals surface area contributed by atoms with Gasteiger partial charge in [-0.15, -0.1) is 0 Å². The maximum absolute atomic E-state index is 13.9. The van der Waals surface area contributed by atoms with Gasteiger partial charge in [-0.05, 0) is 13.0 Å². The summed E-state index contributed by atoms with van der Waals surface area (Å²) in [6, 6.07) is 4.48. The Hall–Kier alpha value is -1.66. The third-order valence-electron chi connectivity index (χ3n) is 2.86. The molecule has 0 aliphatic heterocycles. The van der Waals surface area contributed by atoms with Gasteiger partial charge in [-0.1, -0.05) is 12.1 Å². The van der Waals surface area contributed by atoms with Crippen molar-refractivity contribution in [1.82, 2.24) is 5.32 Å². The number of methoxy groups -OCH3 is 1. The van der Waals surface area contributed by atoms with E-state index in [4.69, 9.17) is 4.74 Å². The number of anilines is 1. The van der Waals surface area contributed by atoms with E-state index in [1.54, 1.807) is 27.1 Å². The number of carbonyl (C=O) groups is 1. The zero-order valence-electron chi connectivity index (χ0n) is 12.0. The highest BCUT2D eigenvalue weighted by molar-refractivity contribution is 5.81. The smallest absolute Gasteiger partial charge is 0.239 e. The molecule has 0 spiro atoms. The van der Waals surface area contributed by atoms with Gasteiger partial charge in [0.15, 0.2) is 0 Å². The number of nitrogens with zero attached hydrogens (tertiary/aromatic N) is 1. The van der Waals surface area contributed by atoms with E-state index in [9.17, 15) is 14.3 Å². The molecule has 0 saturated heterocycles. The van der Waals surface area contributed by atoms with Crippen LogP contribution in [0.5, 0.6) is 0 Å². The molecular formula is C14H21FN2O3. The fourth-order valence-corrected chi connectivity index (χ4v) is 1.91. The third-order valence-corrected chi connectivity index (χ3v) is 2.86. The normalized spacial score (nSPS) is 12.1. The number of likely N-dealkylation sites (N-methyl/N-ethyl adjacent to an activating group) is 1. The van der Waals surface area contributed by atoms with Crippen LogP contribution in [0, 0.1) is 5.82 Å². The number of rotatable bonds is 7. The first-order valence-electron chi connectivity index (χ1n) is 6.40. The Balaban J connectivity index is 2.76. The van der Waals surface area contributed by atoms with Crippen molar-refractivity contribution >= 4 is 11.6 Å². The van der Waals surface area contributed by atoms with Crippen molar-refractivity contribution < 1.29 is 19.0 Å². The number of amides is 1. The lowest BCUT2D eigenvalue weighted by atomic mass is 10.1. The topological polar surface area (TPSA) is 61.8 Å². The molecule has 0 unspecified atom stereocenters. The van der Waals surface area contributed by atoms with Crippen LogP contribution in [-0.2, 0) is 9.53 Å². The lowest BCUT2D eigenvalue weighted by Gasteiger charge is -2.23. The van der Waals surface area contributed by atoms with E-state index in [1.807, 2.05) is 0 Å².